The van der Waals surface area contributed by atoms with Crippen LogP contribution in [0.25, 0.3) is 0 Å². The topological polar surface area (TPSA) is 37.3 Å². The van der Waals surface area contributed by atoms with E-state index in [1.165, 1.54) is 37.7 Å². The monoisotopic (exact) mass is 210 g/mol. The van der Waals surface area contributed by atoms with Gasteiger partial charge in [0.25, 0.3) is 0 Å². The summed E-state index contributed by atoms with van der Waals surface area (Å²) in [6, 6.07) is 0. The summed E-state index contributed by atoms with van der Waals surface area (Å²) < 4.78 is 0. The molecule has 2 nitrogen and oxygen atoms in total. The third-order valence-electron chi connectivity index (χ3n) is 3.29. The Balaban J connectivity index is 2.29. The maximum absolute atomic E-state index is 10.5. The van der Waals surface area contributed by atoms with Gasteiger partial charge in [-0.15, -0.1) is 0 Å². The van der Waals surface area contributed by atoms with E-state index in [2.05, 4.69) is 0 Å². The normalized spacial score (nSPS) is 24.3. The minimum absolute atomic E-state index is 0.307. The van der Waals surface area contributed by atoms with Crippen LogP contribution in [0.3, 0.4) is 0 Å². The predicted molar refractivity (Wildman–Crippen MR) is 61.7 cm³/mol. The highest BCUT2D eigenvalue weighted by Crippen LogP contribution is 2.32. The van der Waals surface area contributed by atoms with Gasteiger partial charge in [0.15, 0.2) is 0 Å². The quantitative estimate of drug-likeness (QED) is 0.416. The highest BCUT2D eigenvalue weighted by molar-refractivity contribution is 5.66. The van der Waals surface area contributed by atoms with Crippen LogP contribution in [0.15, 0.2) is 11.6 Å². The Morgan fingerprint density at radius 1 is 1.27 bits per heavy atom. The van der Waals surface area contributed by atoms with Crippen LogP contribution in [0, 0.1) is 5.92 Å². The molecule has 0 aromatic carbocycles. The number of aldehydes is 1. The number of aliphatic hydroxyl groups excluding tert-OH is 1. The number of unbranched alkanes of at least 4 members (excludes halogenated alkanes) is 2. The molecule has 0 aliphatic heterocycles. The first-order chi connectivity index (χ1) is 7.38. The summed E-state index contributed by atoms with van der Waals surface area (Å²) in [6.45, 7) is 0.307. The van der Waals surface area contributed by atoms with Crippen molar-refractivity contribution in [1.82, 2.24) is 0 Å². The Hall–Kier alpha value is -0.630. The Morgan fingerprint density at radius 2 is 2.13 bits per heavy atom. The van der Waals surface area contributed by atoms with Gasteiger partial charge < -0.3 is 5.11 Å². The van der Waals surface area contributed by atoms with Crippen LogP contribution in [0.4, 0.5) is 0 Å². The van der Waals surface area contributed by atoms with E-state index in [1.54, 1.807) is 6.08 Å². The number of carbonyl (C=O) groups excluding carboxylic acids is 1. The van der Waals surface area contributed by atoms with E-state index in [1.807, 2.05) is 0 Å². The van der Waals surface area contributed by atoms with Crippen LogP contribution in [0.1, 0.15) is 51.4 Å². The number of rotatable bonds is 6. The lowest BCUT2D eigenvalue weighted by Gasteiger charge is -2.24. The van der Waals surface area contributed by atoms with Crippen LogP contribution < -0.4 is 0 Å². The second kappa shape index (κ2) is 7.63. The van der Waals surface area contributed by atoms with Gasteiger partial charge >= 0.3 is 0 Å². The zero-order chi connectivity index (χ0) is 10.9. The summed E-state index contributed by atoms with van der Waals surface area (Å²) in [5.41, 5.74) is 1.36. The molecule has 0 spiro atoms. The molecule has 1 fully saturated rings. The van der Waals surface area contributed by atoms with Crippen LogP contribution in [-0.4, -0.2) is 18.0 Å². The highest BCUT2D eigenvalue weighted by Gasteiger charge is 2.17. The summed E-state index contributed by atoms with van der Waals surface area (Å²) in [4.78, 5) is 10.5. The van der Waals surface area contributed by atoms with Gasteiger partial charge in [-0.3, -0.25) is 4.79 Å². The fourth-order valence-corrected chi connectivity index (χ4v) is 2.43. The van der Waals surface area contributed by atoms with Crippen LogP contribution >= 0.6 is 0 Å². The molecule has 1 aliphatic carbocycles. The molecule has 0 heterocycles. The first-order valence-corrected chi connectivity index (χ1v) is 6.13. The molecule has 0 amide bonds. The Morgan fingerprint density at radius 3 is 2.87 bits per heavy atom. The third kappa shape index (κ3) is 4.61. The second-order valence-electron chi connectivity index (χ2n) is 4.39. The number of carbonyl (C=O) groups is 1. The maximum Gasteiger partial charge on any atom is 0.142 e. The van der Waals surface area contributed by atoms with Crippen molar-refractivity contribution < 1.29 is 9.90 Å². The lowest BCUT2D eigenvalue weighted by Crippen LogP contribution is -2.10. The van der Waals surface area contributed by atoms with Crippen LogP contribution in [-0.2, 0) is 4.79 Å². The minimum Gasteiger partial charge on any atom is -0.396 e. The number of hydrogen-bond donors (Lipinski definition) is 1. The molecule has 1 unspecified atom stereocenters. The average Bonchev–Trinajstić information content (AvgIpc) is 2.27. The minimum atomic E-state index is 0.307. The number of aliphatic hydroxyl groups is 1. The van der Waals surface area contributed by atoms with Crippen molar-refractivity contribution in [2.75, 3.05) is 6.61 Å². The van der Waals surface area contributed by atoms with Gasteiger partial charge in [0, 0.05) is 6.61 Å². The van der Waals surface area contributed by atoms with Gasteiger partial charge in [0.1, 0.15) is 6.29 Å². The smallest absolute Gasteiger partial charge is 0.142 e. The number of allylic oxidation sites excluding steroid dienone is 2. The van der Waals surface area contributed by atoms with E-state index in [0.29, 0.717) is 12.5 Å². The lowest BCUT2D eigenvalue weighted by molar-refractivity contribution is -0.104. The van der Waals surface area contributed by atoms with Crippen molar-refractivity contribution in [3.8, 4) is 0 Å². The third-order valence-corrected chi connectivity index (χ3v) is 3.29. The van der Waals surface area contributed by atoms with Crippen molar-refractivity contribution >= 4 is 6.29 Å². The summed E-state index contributed by atoms with van der Waals surface area (Å²) in [7, 11) is 0. The van der Waals surface area contributed by atoms with Crippen molar-refractivity contribution in [2.24, 2.45) is 5.92 Å². The molecule has 1 N–H and O–H groups in total. The number of hydrogen-bond acceptors (Lipinski definition) is 2. The van der Waals surface area contributed by atoms with Crippen molar-refractivity contribution in [1.29, 1.82) is 0 Å². The van der Waals surface area contributed by atoms with Gasteiger partial charge in [-0.2, -0.15) is 0 Å². The fourth-order valence-electron chi connectivity index (χ4n) is 2.43. The van der Waals surface area contributed by atoms with Crippen LogP contribution in [0.2, 0.25) is 0 Å². The van der Waals surface area contributed by atoms with E-state index in [9.17, 15) is 4.79 Å². The largest absolute Gasteiger partial charge is 0.396 e. The molecular weight excluding hydrogens is 188 g/mol. The summed E-state index contributed by atoms with van der Waals surface area (Å²) >= 11 is 0. The van der Waals surface area contributed by atoms with Crippen molar-refractivity contribution in [3.05, 3.63) is 11.6 Å². The second-order valence-corrected chi connectivity index (χ2v) is 4.39. The van der Waals surface area contributed by atoms with E-state index in [4.69, 9.17) is 5.11 Å². The van der Waals surface area contributed by atoms with Gasteiger partial charge in [0.2, 0.25) is 0 Å². The van der Waals surface area contributed by atoms with Gasteiger partial charge in [-0.05, 0) is 44.1 Å². The molecule has 2 heteroatoms. The molecule has 0 saturated heterocycles. The lowest BCUT2D eigenvalue weighted by atomic mass is 9.81. The average molecular weight is 210 g/mol. The molecular formula is C13H22O2. The molecule has 1 rings (SSSR count). The molecule has 0 bridgehead atoms. The van der Waals surface area contributed by atoms with Crippen molar-refractivity contribution in [3.63, 3.8) is 0 Å². The summed E-state index contributed by atoms with van der Waals surface area (Å²) in [5.74, 6) is 0.641. The SMILES string of the molecule is O=C/C=C1\CCCCC1CCCCCO. The molecule has 15 heavy (non-hydrogen) atoms. The molecule has 86 valence electrons. The first kappa shape index (κ1) is 12.4. The van der Waals surface area contributed by atoms with Gasteiger partial charge in [0.05, 0.1) is 0 Å². The highest BCUT2D eigenvalue weighted by atomic mass is 16.2. The summed E-state index contributed by atoms with van der Waals surface area (Å²) in [6.07, 6.45) is 12.0. The standard InChI is InChI=1S/C13H22O2/c14-10-5-1-2-6-12-7-3-4-8-13(12)9-11-15/h9,11-12,14H,1-8,10H2/b13-9+. The van der Waals surface area contributed by atoms with Gasteiger partial charge in [-0.1, -0.05) is 24.8 Å². The Bertz CT molecular complexity index is 209. The molecule has 1 atom stereocenters. The van der Waals surface area contributed by atoms with E-state index in [-0.39, 0.29) is 0 Å². The van der Waals surface area contributed by atoms with Gasteiger partial charge in [-0.25, -0.2) is 0 Å². The molecule has 0 aromatic heterocycles. The van der Waals surface area contributed by atoms with Crippen LogP contribution in [0.5, 0.6) is 0 Å². The maximum atomic E-state index is 10.5. The summed E-state index contributed by atoms with van der Waals surface area (Å²) in [5, 5.41) is 8.68. The molecule has 1 saturated carbocycles. The Labute approximate surface area is 92.4 Å². The molecule has 0 radical (unpaired) electrons. The predicted octanol–water partition coefficient (Wildman–Crippen LogP) is 2.85. The zero-order valence-corrected chi connectivity index (χ0v) is 9.45. The first-order valence-electron chi connectivity index (χ1n) is 6.13. The van der Waals surface area contributed by atoms with E-state index >= 15 is 0 Å². The van der Waals surface area contributed by atoms with E-state index < -0.39 is 0 Å². The molecule has 0 aromatic rings. The fraction of sp³-hybridized carbons (Fsp3) is 0.769. The van der Waals surface area contributed by atoms with Crippen molar-refractivity contribution in [2.45, 2.75) is 51.4 Å². The van der Waals surface area contributed by atoms with E-state index in [0.717, 1.165) is 25.5 Å². The Kier molecular flexibility index (Phi) is 6.33. The zero-order valence-electron chi connectivity index (χ0n) is 9.45. The molecule has 1 aliphatic rings.